The van der Waals surface area contributed by atoms with Gasteiger partial charge in [0.2, 0.25) is 0 Å². The normalized spacial score (nSPS) is 20.9. The van der Waals surface area contributed by atoms with E-state index in [0.29, 0.717) is 12.3 Å². The van der Waals surface area contributed by atoms with Crippen LogP contribution in [0.4, 0.5) is 16.2 Å². The summed E-state index contributed by atoms with van der Waals surface area (Å²) in [5.41, 5.74) is 0.0936. The van der Waals surface area contributed by atoms with Crippen molar-refractivity contribution < 1.29 is 19.4 Å². The summed E-state index contributed by atoms with van der Waals surface area (Å²) in [6.07, 6.45) is 0.255. The van der Waals surface area contributed by atoms with Gasteiger partial charge in [-0.15, -0.1) is 0 Å². The number of carbonyl (C=O) groups is 2. The maximum Gasteiger partial charge on any atom is 0.332 e. The highest BCUT2D eigenvalue weighted by Gasteiger charge is 2.44. The second-order valence-corrected chi connectivity index (χ2v) is 5.18. The number of ether oxygens (including phenoxy) is 1. The van der Waals surface area contributed by atoms with Crippen molar-refractivity contribution in [2.45, 2.75) is 12.0 Å². The maximum atomic E-state index is 12.1. The van der Waals surface area contributed by atoms with Gasteiger partial charge in [-0.1, -0.05) is 12.1 Å². The van der Waals surface area contributed by atoms with Crippen molar-refractivity contribution in [3.05, 3.63) is 24.3 Å². The van der Waals surface area contributed by atoms with Gasteiger partial charge in [-0.2, -0.15) is 0 Å². The third kappa shape index (κ3) is 3.25. The molecular weight excluding hydrogens is 274 g/mol. The largest absolute Gasteiger partial charge is 0.479 e. The zero-order chi connectivity index (χ0) is 15.5. The standard InChI is InChI=1S/C14H19N3O4/c1-17(2)11-6-4-3-5-10(11)15-13(20)16-14(12(18)19)7-8-21-9-14/h3-6H,7-9H2,1-2H3,(H,18,19)(H2,15,16,20). The van der Waals surface area contributed by atoms with E-state index in [1.54, 1.807) is 12.1 Å². The minimum absolute atomic E-state index is 0.0227. The van der Waals surface area contributed by atoms with E-state index >= 15 is 0 Å². The van der Waals surface area contributed by atoms with E-state index < -0.39 is 17.5 Å². The molecule has 1 aliphatic rings. The van der Waals surface area contributed by atoms with Crippen molar-refractivity contribution in [2.75, 3.05) is 37.5 Å². The highest BCUT2D eigenvalue weighted by Crippen LogP contribution is 2.24. The number of nitrogens with zero attached hydrogens (tertiary/aromatic N) is 1. The van der Waals surface area contributed by atoms with Gasteiger partial charge in [0.25, 0.3) is 0 Å². The summed E-state index contributed by atoms with van der Waals surface area (Å²) in [5, 5.41) is 14.5. The zero-order valence-corrected chi connectivity index (χ0v) is 12.0. The van der Waals surface area contributed by atoms with Crippen LogP contribution in [0.2, 0.25) is 0 Å². The molecule has 1 aromatic rings. The van der Waals surface area contributed by atoms with E-state index in [4.69, 9.17) is 4.74 Å². The fourth-order valence-corrected chi connectivity index (χ4v) is 2.23. The molecular formula is C14H19N3O4. The molecule has 3 N–H and O–H groups in total. The van der Waals surface area contributed by atoms with Crippen molar-refractivity contribution in [3.63, 3.8) is 0 Å². The predicted octanol–water partition coefficient (Wildman–Crippen LogP) is 1.12. The average Bonchev–Trinajstić information content (AvgIpc) is 2.88. The summed E-state index contributed by atoms with van der Waals surface area (Å²) in [6, 6.07) is 6.72. The monoisotopic (exact) mass is 293 g/mol. The van der Waals surface area contributed by atoms with Crippen molar-refractivity contribution in [2.24, 2.45) is 0 Å². The van der Waals surface area contributed by atoms with Crippen LogP contribution in [-0.4, -0.2) is 50.0 Å². The van der Waals surface area contributed by atoms with Crippen molar-refractivity contribution in [3.8, 4) is 0 Å². The molecule has 7 heteroatoms. The minimum Gasteiger partial charge on any atom is -0.479 e. The number of carboxylic acids is 1. The van der Waals surface area contributed by atoms with E-state index in [2.05, 4.69) is 10.6 Å². The molecule has 1 fully saturated rings. The topological polar surface area (TPSA) is 90.9 Å². The summed E-state index contributed by atoms with van der Waals surface area (Å²) in [7, 11) is 3.73. The van der Waals surface area contributed by atoms with Gasteiger partial charge in [0.05, 0.1) is 18.0 Å². The van der Waals surface area contributed by atoms with Crippen LogP contribution in [0.15, 0.2) is 24.3 Å². The Hall–Kier alpha value is -2.28. The number of carbonyl (C=O) groups excluding carboxylic acids is 1. The van der Waals surface area contributed by atoms with Crippen LogP contribution in [0.3, 0.4) is 0 Å². The lowest BCUT2D eigenvalue weighted by molar-refractivity contribution is -0.144. The number of aliphatic carboxylic acids is 1. The van der Waals surface area contributed by atoms with Crippen LogP contribution >= 0.6 is 0 Å². The smallest absolute Gasteiger partial charge is 0.332 e. The Labute approximate surface area is 122 Å². The molecule has 1 saturated heterocycles. The van der Waals surface area contributed by atoms with E-state index in [1.165, 1.54) is 0 Å². The van der Waals surface area contributed by atoms with E-state index in [9.17, 15) is 14.7 Å². The molecule has 21 heavy (non-hydrogen) atoms. The number of para-hydroxylation sites is 2. The lowest BCUT2D eigenvalue weighted by Gasteiger charge is -2.24. The summed E-state index contributed by atoms with van der Waals surface area (Å²) >= 11 is 0. The van der Waals surface area contributed by atoms with E-state index in [0.717, 1.165) is 5.69 Å². The Kier molecular flexibility index (Phi) is 4.32. The first-order valence-corrected chi connectivity index (χ1v) is 6.61. The van der Waals surface area contributed by atoms with Gasteiger partial charge < -0.3 is 25.4 Å². The number of amides is 2. The Morgan fingerprint density at radius 1 is 1.33 bits per heavy atom. The molecule has 0 aromatic heterocycles. The zero-order valence-electron chi connectivity index (χ0n) is 12.0. The molecule has 1 atom stereocenters. The lowest BCUT2D eigenvalue weighted by atomic mass is 9.99. The second-order valence-electron chi connectivity index (χ2n) is 5.18. The van der Waals surface area contributed by atoms with Crippen LogP contribution in [0, 0.1) is 0 Å². The second kappa shape index (κ2) is 6.01. The molecule has 7 nitrogen and oxygen atoms in total. The number of rotatable bonds is 4. The molecule has 2 rings (SSSR count). The SMILES string of the molecule is CN(C)c1ccccc1NC(=O)NC1(C(=O)O)CCOC1. The van der Waals surface area contributed by atoms with Gasteiger partial charge in [0.1, 0.15) is 0 Å². The number of hydrogen-bond acceptors (Lipinski definition) is 4. The highest BCUT2D eigenvalue weighted by molar-refractivity contribution is 5.96. The van der Waals surface area contributed by atoms with Gasteiger partial charge in [-0.25, -0.2) is 9.59 Å². The fraction of sp³-hybridized carbons (Fsp3) is 0.429. The van der Waals surface area contributed by atoms with Crippen molar-refractivity contribution in [1.29, 1.82) is 0 Å². The summed E-state index contributed by atoms with van der Waals surface area (Å²) in [4.78, 5) is 25.3. The van der Waals surface area contributed by atoms with Gasteiger partial charge in [-0.05, 0) is 12.1 Å². The fourth-order valence-electron chi connectivity index (χ4n) is 2.23. The number of urea groups is 1. The molecule has 0 aliphatic carbocycles. The average molecular weight is 293 g/mol. The lowest BCUT2D eigenvalue weighted by Crippen LogP contribution is -2.56. The van der Waals surface area contributed by atoms with Crippen LogP contribution < -0.4 is 15.5 Å². The Bertz CT molecular complexity index is 539. The van der Waals surface area contributed by atoms with Crippen LogP contribution in [0.1, 0.15) is 6.42 Å². The molecule has 0 bridgehead atoms. The first-order valence-electron chi connectivity index (χ1n) is 6.61. The maximum absolute atomic E-state index is 12.1. The first-order chi connectivity index (χ1) is 9.94. The summed E-state index contributed by atoms with van der Waals surface area (Å²) in [6.45, 7) is 0.298. The minimum atomic E-state index is -1.35. The summed E-state index contributed by atoms with van der Waals surface area (Å²) in [5.74, 6) is -1.09. The molecule has 1 aliphatic heterocycles. The molecule has 2 amide bonds. The molecule has 114 valence electrons. The Morgan fingerprint density at radius 3 is 2.62 bits per heavy atom. The Balaban J connectivity index is 2.10. The molecule has 1 unspecified atom stereocenters. The van der Waals surface area contributed by atoms with Gasteiger partial charge in [0, 0.05) is 27.1 Å². The van der Waals surface area contributed by atoms with Crippen molar-refractivity contribution >= 4 is 23.4 Å². The van der Waals surface area contributed by atoms with Crippen LogP contribution in [-0.2, 0) is 9.53 Å². The molecule has 1 heterocycles. The first kappa shape index (κ1) is 15.1. The molecule has 0 saturated carbocycles. The number of carboxylic acid groups (broad SMARTS) is 1. The van der Waals surface area contributed by atoms with Crippen LogP contribution in [0.5, 0.6) is 0 Å². The Morgan fingerprint density at radius 2 is 2.05 bits per heavy atom. The van der Waals surface area contributed by atoms with Crippen LogP contribution in [0.25, 0.3) is 0 Å². The third-order valence-electron chi connectivity index (χ3n) is 3.42. The predicted molar refractivity (Wildman–Crippen MR) is 78.7 cm³/mol. The molecule has 0 radical (unpaired) electrons. The number of hydrogen-bond donors (Lipinski definition) is 3. The van der Waals surface area contributed by atoms with E-state index in [-0.39, 0.29) is 13.0 Å². The highest BCUT2D eigenvalue weighted by atomic mass is 16.5. The number of nitrogens with one attached hydrogen (secondary N) is 2. The van der Waals surface area contributed by atoms with Gasteiger partial charge >= 0.3 is 12.0 Å². The van der Waals surface area contributed by atoms with Crippen molar-refractivity contribution in [1.82, 2.24) is 5.32 Å². The summed E-state index contributed by atoms with van der Waals surface area (Å²) < 4.78 is 5.10. The van der Waals surface area contributed by atoms with E-state index in [1.807, 2.05) is 31.1 Å². The quantitative estimate of drug-likeness (QED) is 0.774. The molecule has 1 aromatic carbocycles. The van der Waals surface area contributed by atoms with Gasteiger partial charge in [-0.3, -0.25) is 0 Å². The number of benzene rings is 1. The molecule has 0 spiro atoms. The van der Waals surface area contributed by atoms with Gasteiger partial charge in [0.15, 0.2) is 5.54 Å². The third-order valence-corrected chi connectivity index (χ3v) is 3.42. The number of anilines is 2.